The highest BCUT2D eigenvalue weighted by Crippen LogP contribution is 2.20. The first kappa shape index (κ1) is 10.2. The molecule has 1 nitrogen and oxygen atoms in total. The number of aliphatic hydroxyl groups excluding tert-OH is 1. The molecular formula is C14H16O. The number of fused-ring (bicyclic) bond motifs is 1. The van der Waals surface area contributed by atoms with Crippen LogP contribution in [-0.2, 0) is 6.42 Å². The van der Waals surface area contributed by atoms with E-state index in [1.165, 1.54) is 16.3 Å². The monoisotopic (exact) mass is 200 g/mol. The Labute approximate surface area is 90.4 Å². The van der Waals surface area contributed by atoms with E-state index in [0.717, 1.165) is 12.8 Å². The fourth-order valence-corrected chi connectivity index (χ4v) is 1.87. The van der Waals surface area contributed by atoms with Gasteiger partial charge in [0.15, 0.2) is 0 Å². The van der Waals surface area contributed by atoms with E-state index in [1.807, 2.05) is 19.1 Å². The molecule has 1 atom stereocenters. The molecule has 0 radical (unpaired) electrons. The SMILES string of the molecule is CCC(O)Cc1cccc2ccccc12. The fourth-order valence-electron chi connectivity index (χ4n) is 1.87. The lowest BCUT2D eigenvalue weighted by molar-refractivity contribution is 0.171. The van der Waals surface area contributed by atoms with E-state index in [-0.39, 0.29) is 6.10 Å². The van der Waals surface area contributed by atoms with Gasteiger partial charge in [0.25, 0.3) is 0 Å². The number of hydrogen-bond donors (Lipinski definition) is 1. The lowest BCUT2D eigenvalue weighted by Gasteiger charge is -2.10. The quantitative estimate of drug-likeness (QED) is 0.807. The van der Waals surface area contributed by atoms with Crippen LogP contribution in [0.4, 0.5) is 0 Å². The Morgan fingerprint density at radius 3 is 2.60 bits per heavy atom. The average Bonchev–Trinajstić information content (AvgIpc) is 2.29. The predicted molar refractivity (Wildman–Crippen MR) is 63.9 cm³/mol. The second kappa shape index (κ2) is 4.45. The number of hydrogen-bond acceptors (Lipinski definition) is 1. The van der Waals surface area contributed by atoms with Crippen molar-refractivity contribution in [3.8, 4) is 0 Å². The molecule has 0 heterocycles. The molecule has 0 aliphatic rings. The third-order valence-corrected chi connectivity index (χ3v) is 2.81. The summed E-state index contributed by atoms with van der Waals surface area (Å²) in [4.78, 5) is 0. The van der Waals surface area contributed by atoms with Gasteiger partial charge in [0, 0.05) is 0 Å². The molecule has 78 valence electrons. The normalized spacial score (nSPS) is 12.9. The van der Waals surface area contributed by atoms with Crippen LogP contribution < -0.4 is 0 Å². The summed E-state index contributed by atoms with van der Waals surface area (Å²) in [6.45, 7) is 2.01. The zero-order chi connectivity index (χ0) is 10.7. The largest absolute Gasteiger partial charge is 0.393 e. The van der Waals surface area contributed by atoms with Gasteiger partial charge in [0.2, 0.25) is 0 Å². The number of rotatable bonds is 3. The van der Waals surface area contributed by atoms with Crippen molar-refractivity contribution in [3.63, 3.8) is 0 Å². The van der Waals surface area contributed by atoms with Crippen molar-refractivity contribution in [2.24, 2.45) is 0 Å². The topological polar surface area (TPSA) is 20.2 Å². The van der Waals surface area contributed by atoms with Crippen LogP contribution in [0, 0.1) is 0 Å². The lowest BCUT2D eigenvalue weighted by Crippen LogP contribution is -2.08. The lowest BCUT2D eigenvalue weighted by atomic mass is 9.99. The van der Waals surface area contributed by atoms with Gasteiger partial charge in [-0.1, -0.05) is 49.4 Å². The summed E-state index contributed by atoms with van der Waals surface area (Å²) in [5.74, 6) is 0. The predicted octanol–water partition coefficient (Wildman–Crippen LogP) is 3.15. The molecule has 2 aromatic rings. The highest BCUT2D eigenvalue weighted by atomic mass is 16.3. The summed E-state index contributed by atoms with van der Waals surface area (Å²) < 4.78 is 0. The van der Waals surface area contributed by atoms with Crippen molar-refractivity contribution in [2.45, 2.75) is 25.9 Å². The summed E-state index contributed by atoms with van der Waals surface area (Å²) >= 11 is 0. The zero-order valence-corrected chi connectivity index (χ0v) is 8.98. The van der Waals surface area contributed by atoms with Gasteiger partial charge in [0.05, 0.1) is 6.10 Å². The molecule has 15 heavy (non-hydrogen) atoms. The highest BCUT2D eigenvalue weighted by molar-refractivity contribution is 5.85. The van der Waals surface area contributed by atoms with Crippen LogP contribution in [-0.4, -0.2) is 11.2 Å². The van der Waals surface area contributed by atoms with Crippen molar-refractivity contribution in [1.29, 1.82) is 0 Å². The molecule has 0 aliphatic carbocycles. The van der Waals surface area contributed by atoms with Crippen LogP contribution in [0.25, 0.3) is 10.8 Å². The van der Waals surface area contributed by atoms with Crippen LogP contribution in [0.15, 0.2) is 42.5 Å². The third kappa shape index (κ3) is 2.18. The van der Waals surface area contributed by atoms with Crippen molar-refractivity contribution < 1.29 is 5.11 Å². The molecule has 1 heteroatoms. The smallest absolute Gasteiger partial charge is 0.0578 e. The molecular weight excluding hydrogens is 184 g/mol. The minimum atomic E-state index is -0.226. The molecule has 2 aromatic carbocycles. The average molecular weight is 200 g/mol. The van der Waals surface area contributed by atoms with E-state index in [2.05, 4.69) is 30.3 Å². The maximum Gasteiger partial charge on any atom is 0.0578 e. The van der Waals surface area contributed by atoms with E-state index in [1.54, 1.807) is 0 Å². The number of benzene rings is 2. The molecule has 0 aromatic heterocycles. The minimum absolute atomic E-state index is 0.226. The van der Waals surface area contributed by atoms with Gasteiger partial charge in [-0.2, -0.15) is 0 Å². The first-order valence-corrected chi connectivity index (χ1v) is 5.46. The zero-order valence-electron chi connectivity index (χ0n) is 8.98. The van der Waals surface area contributed by atoms with Crippen molar-refractivity contribution in [2.75, 3.05) is 0 Å². The fraction of sp³-hybridized carbons (Fsp3) is 0.286. The Kier molecular flexibility index (Phi) is 3.02. The first-order chi connectivity index (χ1) is 7.31. The molecule has 0 aliphatic heterocycles. The summed E-state index contributed by atoms with van der Waals surface area (Å²) in [6.07, 6.45) is 1.33. The van der Waals surface area contributed by atoms with Crippen LogP contribution in [0.1, 0.15) is 18.9 Å². The highest BCUT2D eigenvalue weighted by Gasteiger charge is 2.05. The Balaban J connectivity index is 2.42. The van der Waals surface area contributed by atoms with E-state index < -0.39 is 0 Å². The molecule has 1 N–H and O–H groups in total. The molecule has 0 bridgehead atoms. The van der Waals surface area contributed by atoms with Gasteiger partial charge >= 0.3 is 0 Å². The van der Waals surface area contributed by atoms with E-state index >= 15 is 0 Å². The second-order valence-electron chi connectivity index (χ2n) is 3.90. The Morgan fingerprint density at radius 1 is 1.07 bits per heavy atom. The Hall–Kier alpha value is -1.34. The van der Waals surface area contributed by atoms with Crippen LogP contribution >= 0.6 is 0 Å². The molecule has 0 saturated heterocycles. The standard InChI is InChI=1S/C14H16O/c1-2-13(15)10-12-8-5-7-11-6-3-4-9-14(11)12/h3-9,13,15H,2,10H2,1H3. The van der Waals surface area contributed by atoms with Crippen molar-refractivity contribution in [3.05, 3.63) is 48.0 Å². The summed E-state index contributed by atoms with van der Waals surface area (Å²) in [5, 5.41) is 12.2. The van der Waals surface area contributed by atoms with Gasteiger partial charge in [-0.25, -0.2) is 0 Å². The van der Waals surface area contributed by atoms with E-state index in [0.29, 0.717) is 0 Å². The first-order valence-electron chi connectivity index (χ1n) is 5.46. The van der Waals surface area contributed by atoms with Gasteiger partial charge in [-0.05, 0) is 29.2 Å². The maximum absolute atomic E-state index is 9.67. The van der Waals surface area contributed by atoms with Gasteiger partial charge < -0.3 is 5.11 Å². The Morgan fingerprint density at radius 2 is 1.80 bits per heavy atom. The summed E-state index contributed by atoms with van der Waals surface area (Å²) in [6, 6.07) is 14.6. The van der Waals surface area contributed by atoms with Crippen molar-refractivity contribution in [1.82, 2.24) is 0 Å². The summed E-state index contributed by atoms with van der Waals surface area (Å²) in [5.41, 5.74) is 1.24. The molecule has 1 unspecified atom stereocenters. The molecule has 0 spiro atoms. The Bertz CT molecular complexity index is 443. The van der Waals surface area contributed by atoms with E-state index in [4.69, 9.17) is 0 Å². The van der Waals surface area contributed by atoms with Crippen LogP contribution in [0.5, 0.6) is 0 Å². The van der Waals surface area contributed by atoms with Gasteiger partial charge in [0.1, 0.15) is 0 Å². The van der Waals surface area contributed by atoms with Gasteiger partial charge in [-0.3, -0.25) is 0 Å². The van der Waals surface area contributed by atoms with Crippen molar-refractivity contribution >= 4 is 10.8 Å². The molecule has 0 amide bonds. The molecule has 2 rings (SSSR count). The molecule has 0 saturated carbocycles. The minimum Gasteiger partial charge on any atom is -0.393 e. The van der Waals surface area contributed by atoms with E-state index in [9.17, 15) is 5.11 Å². The van der Waals surface area contributed by atoms with Gasteiger partial charge in [-0.15, -0.1) is 0 Å². The number of aliphatic hydroxyl groups is 1. The third-order valence-electron chi connectivity index (χ3n) is 2.81. The maximum atomic E-state index is 9.67. The second-order valence-corrected chi connectivity index (χ2v) is 3.90. The molecule has 0 fully saturated rings. The van der Waals surface area contributed by atoms with Crippen LogP contribution in [0.2, 0.25) is 0 Å². The van der Waals surface area contributed by atoms with Crippen LogP contribution in [0.3, 0.4) is 0 Å². The summed E-state index contributed by atoms with van der Waals surface area (Å²) in [7, 11) is 0.